The number of ether oxygens (including phenoxy) is 1. The Hall–Kier alpha value is -1.34. The van der Waals surface area contributed by atoms with Gasteiger partial charge in [0, 0.05) is 0 Å². The van der Waals surface area contributed by atoms with Crippen LogP contribution in [0.15, 0.2) is 0 Å². The van der Waals surface area contributed by atoms with Gasteiger partial charge in [-0.05, 0) is 27.2 Å². The molecule has 1 rings (SSSR count). The average molecular weight is 261 g/mol. The molecule has 7 nitrogen and oxygen atoms in total. The van der Waals surface area contributed by atoms with Gasteiger partial charge in [0.05, 0.1) is 18.1 Å². The predicted octanol–water partition coefficient (Wildman–Crippen LogP) is -0.294. The quantitative estimate of drug-likeness (QED) is 0.542. The van der Waals surface area contributed by atoms with Gasteiger partial charge in [0.2, 0.25) is 0 Å². The third-order valence-electron chi connectivity index (χ3n) is 2.70. The van der Waals surface area contributed by atoms with E-state index in [0.717, 1.165) is 0 Å². The van der Waals surface area contributed by atoms with Gasteiger partial charge in [0.1, 0.15) is 11.7 Å². The van der Waals surface area contributed by atoms with Crippen LogP contribution in [-0.2, 0) is 9.53 Å². The zero-order valence-electron chi connectivity index (χ0n) is 10.6. The fourth-order valence-corrected chi connectivity index (χ4v) is 1.88. The van der Waals surface area contributed by atoms with Crippen molar-refractivity contribution in [2.24, 2.45) is 5.92 Å². The second kappa shape index (κ2) is 5.11. The summed E-state index contributed by atoms with van der Waals surface area (Å²) in [5.74, 6) is -2.28. The lowest BCUT2D eigenvalue weighted by molar-refractivity contribution is -0.145. The SMILES string of the molecule is CC(C)(C)OC(=O)N[C@@H]1C[C@H](C(=O)O)[C@@H](O)[C@H]1O. The van der Waals surface area contributed by atoms with Crippen LogP contribution in [0.1, 0.15) is 27.2 Å². The molecule has 4 atom stereocenters. The molecule has 0 spiro atoms. The molecule has 4 N–H and O–H groups in total. The summed E-state index contributed by atoms with van der Waals surface area (Å²) in [6.07, 6.45) is -3.47. The van der Waals surface area contributed by atoms with E-state index in [1.165, 1.54) is 0 Å². The van der Waals surface area contributed by atoms with Crippen LogP contribution >= 0.6 is 0 Å². The van der Waals surface area contributed by atoms with Crippen molar-refractivity contribution >= 4 is 12.1 Å². The molecule has 0 aromatic heterocycles. The Morgan fingerprint density at radius 3 is 2.17 bits per heavy atom. The number of carboxylic acid groups (broad SMARTS) is 1. The average Bonchev–Trinajstić information content (AvgIpc) is 2.43. The molecule has 104 valence electrons. The number of aliphatic hydroxyl groups excluding tert-OH is 2. The fourth-order valence-electron chi connectivity index (χ4n) is 1.88. The number of carboxylic acids is 1. The molecule has 0 saturated heterocycles. The van der Waals surface area contributed by atoms with Gasteiger partial charge in [0.25, 0.3) is 0 Å². The number of aliphatic carboxylic acids is 1. The molecule has 1 fully saturated rings. The first-order valence-electron chi connectivity index (χ1n) is 5.70. The Kier molecular flexibility index (Phi) is 4.18. The summed E-state index contributed by atoms with van der Waals surface area (Å²) in [6, 6.07) is -0.823. The third kappa shape index (κ3) is 3.58. The highest BCUT2D eigenvalue weighted by Gasteiger charge is 2.46. The summed E-state index contributed by atoms with van der Waals surface area (Å²) < 4.78 is 4.99. The maximum absolute atomic E-state index is 11.5. The molecule has 0 heterocycles. The molecule has 18 heavy (non-hydrogen) atoms. The fraction of sp³-hybridized carbons (Fsp3) is 0.818. The lowest BCUT2D eigenvalue weighted by Crippen LogP contribution is -2.45. The molecule has 1 aliphatic rings. The summed E-state index contributed by atoms with van der Waals surface area (Å²) in [5.41, 5.74) is -0.682. The monoisotopic (exact) mass is 261 g/mol. The summed E-state index contributed by atoms with van der Waals surface area (Å²) in [7, 11) is 0. The number of hydrogen-bond acceptors (Lipinski definition) is 5. The number of carbonyl (C=O) groups excluding carboxylic acids is 1. The Bertz CT molecular complexity index is 337. The topological polar surface area (TPSA) is 116 Å². The standard InChI is InChI=1S/C11H19NO6/c1-11(2,3)18-10(17)12-6-4-5(9(15)16)7(13)8(6)14/h5-8,13-14H,4H2,1-3H3,(H,12,17)(H,15,16)/t5-,6+,7+,8-/m0/s1. The minimum absolute atomic E-state index is 0.0308. The first kappa shape index (κ1) is 14.7. The molecule has 0 unspecified atom stereocenters. The highest BCUT2D eigenvalue weighted by Crippen LogP contribution is 2.27. The summed E-state index contributed by atoms with van der Waals surface area (Å²) in [4.78, 5) is 22.3. The van der Waals surface area contributed by atoms with Crippen LogP contribution in [0.4, 0.5) is 4.79 Å². The van der Waals surface area contributed by atoms with Crippen LogP contribution in [0.25, 0.3) is 0 Å². The second-order valence-electron chi connectivity index (χ2n) is 5.41. The Morgan fingerprint density at radius 1 is 1.22 bits per heavy atom. The second-order valence-corrected chi connectivity index (χ2v) is 5.41. The van der Waals surface area contributed by atoms with E-state index in [0.29, 0.717) is 0 Å². The molecular formula is C11H19NO6. The minimum atomic E-state index is -1.39. The first-order valence-corrected chi connectivity index (χ1v) is 5.70. The summed E-state index contributed by atoms with van der Waals surface area (Å²) >= 11 is 0. The van der Waals surface area contributed by atoms with E-state index in [9.17, 15) is 19.8 Å². The summed E-state index contributed by atoms with van der Waals surface area (Å²) in [5, 5.41) is 30.4. The third-order valence-corrected chi connectivity index (χ3v) is 2.70. The number of hydrogen-bond donors (Lipinski definition) is 4. The molecule has 0 aromatic carbocycles. The van der Waals surface area contributed by atoms with Gasteiger partial charge in [0.15, 0.2) is 0 Å². The van der Waals surface area contributed by atoms with Crippen molar-refractivity contribution in [2.75, 3.05) is 0 Å². The van der Waals surface area contributed by atoms with Crippen LogP contribution in [0.3, 0.4) is 0 Å². The molecule has 0 aromatic rings. The summed E-state index contributed by atoms with van der Waals surface area (Å²) in [6.45, 7) is 5.06. The first-order chi connectivity index (χ1) is 8.11. The molecule has 0 radical (unpaired) electrons. The molecule has 1 saturated carbocycles. The van der Waals surface area contributed by atoms with E-state index in [1.807, 2.05) is 0 Å². The zero-order chi connectivity index (χ0) is 14.1. The molecule has 1 amide bonds. The lowest BCUT2D eigenvalue weighted by atomic mass is 10.1. The maximum Gasteiger partial charge on any atom is 0.407 e. The Morgan fingerprint density at radius 2 is 1.78 bits per heavy atom. The van der Waals surface area contributed by atoms with Crippen molar-refractivity contribution < 1.29 is 29.6 Å². The van der Waals surface area contributed by atoms with Crippen molar-refractivity contribution in [3.05, 3.63) is 0 Å². The van der Waals surface area contributed by atoms with Crippen molar-refractivity contribution in [3.8, 4) is 0 Å². The normalized spacial score (nSPS) is 32.1. The van der Waals surface area contributed by atoms with Crippen LogP contribution in [0.5, 0.6) is 0 Å². The molecule has 0 bridgehead atoms. The highest BCUT2D eigenvalue weighted by atomic mass is 16.6. The molecular weight excluding hydrogens is 242 g/mol. The number of aliphatic hydroxyl groups is 2. The van der Waals surface area contributed by atoms with Crippen LogP contribution in [0.2, 0.25) is 0 Å². The van der Waals surface area contributed by atoms with Crippen molar-refractivity contribution in [1.82, 2.24) is 5.32 Å². The van der Waals surface area contributed by atoms with Gasteiger partial charge in [-0.15, -0.1) is 0 Å². The van der Waals surface area contributed by atoms with E-state index < -0.39 is 41.8 Å². The number of carbonyl (C=O) groups is 2. The molecule has 0 aliphatic heterocycles. The molecule has 7 heteroatoms. The van der Waals surface area contributed by atoms with Gasteiger partial charge >= 0.3 is 12.1 Å². The number of rotatable bonds is 2. The van der Waals surface area contributed by atoms with Gasteiger partial charge < -0.3 is 25.4 Å². The largest absolute Gasteiger partial charge is 0.481 e. The van der Waals surface area contributed by atoms with Gasteiger partial charge in [-0.3, -0.25) is 4.79 Å². The molecule has 1 aliphatic carbocycles. The van der Waals surface area contributed by atoms with Gasteiger partial charge in [-0.1, -0.05) is 0 Å². The zero-order valence-corrected chi connectivity index (χ0v) is 10.6. The van der Waals surface area contributed by atoms with E-state index in [1.54, 1.807) is 20.8 Å². The van der Waals surface area contributed by atoms with Crippen LogP contribution in [-0.4, -0.2) is 51.2 Å². The van der Waals surface area contributed by atoms with Crippen molar-refractivity contribution in [3.63, 3.8) is 0 Å². The van der Waals surface area contributed by atoms with E-state index >= 15 is 0 Å². The number of nitrogens with one attached hydrogen (secondary N) is 1. The highest BCUT2D eigenvalue weighted by molar-refractivity contribution is 5.72. The van der Waals surface area contributed by atoms with Crippen LogP contribution < -0.4 is 5.32 Å². The number of alkyl carbamates (subject to hydrolysis) is 1. The van der Waals surface area contributed by atoms with Crippen LogP contribution in [0, 0.1) is 5.92 Å². The Balaban J connectivity index is 2.59. The smallest absolute Gasteiger partial charge is 0.407 e. The van der Waals surface area contributed by atoms with Gasteiger partial charge in [-0.2, -0.15) is 0 Å². The number of amides is 1. The predicted molar refractivity (Wildman–Crippen MR) is 60.9 cm³/mol. The lowest BCUT2D eigenvalue weighted by Gasteiger charge is -2.23. The Labute approximate surface area is 105 Å². The minimum Gasteiger partial charge on any atom is -0.481 e. The maximum atomic E-state index is 11.5. The van der Waals surface area contributed by atoms with E-state index in [2.05, 4.69) is 5.32 Å². The van der Waals surface area contributed by atoms with Crippen molar-refractivity contribution in [2.45, 2.75) is 51.0 Å². The van der Waals surface area contributed by atoms with Crippen molar-refractivity contribution in [1.29, 1.82) is 0 Å². The van der Waals surface area contributed by atoms with E-state index in [-0.39, 0.29) is 6.42 Å². The van der Waals surface area contributed by atoms with E-state index in [4.69, 9.17) is 9.84 Å². The van der Waals surface area contributed by atoms with Gasteiger partial charge in [-0.25, -0.2) is 4.79 Å².